The summed E-state index contributed by atoms with van der Waals surface area (Å²) < 4.78 is 1.84. The van der Waals surface area contributed by atoms with Crippen LogP contribution in [0.25, 0.3) is 5.69 Å². The molecule has 0 aliphatic heterocycles. The Balaban J connectivity index is 1.81. The van der Waals surface area contributed by atoms with Crippen LogP contribution in [0.3, 0.4) is 0 Å². The number of hydrogen-bond donors (Lipinski definition) is 2. The number of aromatic nitrogens is 2. The maximum absolute atomic E-state index is 12.9. The van der Waals surface area contributed by atoms with Crippen LogP contribution in [0.15, 0.2) is 30.3 Å². The minimum absolute atomic E-state index is 0.0478. The predicted molar refractivity (Wildman–Crippen MR) is 99.9 cm³/mol. The number of amides is 1. The van der Waals surface area contributed by atoms with Gasteiger partial charge < -0.3 is 11.1 Å². The van der Waals surface area contributed by atoms with Gasteiger partial charge >= 0.3 is 0 Å². The second kappa shape index (κ2) is 7.83. The van der Waals surface area contributed by atoms with Crippen LogP contribution in [0.1, 0.15) is 53.8 Å². The van der Waals surface area contributed by atoms with Crippen LogP contribution in [0.4, 0.5) is 0 Å². The second-order valence-electron chi connectivity index (χ2n) is 7.01. The van der Waals surface area contributed by atoms with Crippen molar-refractivity contribution in [2.45, 2.75) is 52.0 Å². The van der Waals surface area contributed by atoms with Crippen LogP contribution in [0, 0.1) is 19.8 Å². The molecule has 1 heterocycles. The molecule has 1 amide bonds. The first-order chi connectivity index (χ1) is 12.1. The van der Waals surface area contributed by atoms with E-state index < -0.39 is 0 Å². The Morgan fingerprint density at radius 1 is 1.24 bits per heavy atom. The summed E-state index contributed by atoms with van der Waals surface area (Å²) >= 11 is 0. The van der Waals surface area contributed by atoms with Crippen molar-refractivity contribution in [3.05, 3.63) is 47.3 Å². The van der Waals surface area contributed by atoms with E-state index in [1.54, 1.807) is 0 Å². The van der Waals surface area contributed by atoms with Gasteiger partial charge in [-0.2, -0.15) is 5.10 Å². The summed E-state index contributed by atoms with van der Waals surface area (Å²) in [5.74, 6) is 0.436. The molecule has 0 bridgehead atoms. The second-order valence-corrected chi connectivity index (χ2v) is 7.01. The Kier molecular flexibility index (Phi) is 5.53. The van der Waals surface area contributed by atoms with E-state index >= 15 is 0 Å². The topological polar surface area (TPSA) is 72.9 Å². The van der Waals surface area contributed by atoms with Crippen LogP contribution in [-0.4, -0.2) is 28.3 Å². The molecule has 25 heavy (non-hydrogen) atoms. The highest BCUT2D eigenvalue weighted by atomic mass is 16.1. The molecule has 0 saturated heterocycles. The molecule has 1 atom stereocenters. The highest BCUT2D eigenvalue weighted by molar-refractivity contribution is 5.96. The molecule has 2 aromatic rings. The number of nitrogens with two attached hydrogens (primary N) is 1. The monoisotopic (exact) mass is 340 g/mol. The zero-order valence-corrected chi connectivity index (χ0v) is 15.2. The van der Waals surface area contributed by atoms with Gasteiger partial charge in [-0.15, -0.1) is 0 Å². The predicted octanol–water partition coefficient (Wildman–Crippen LogP) is 3.13. The fourth-order valence-electron chi connectivity index (χ4n) is 3.94. The highest BCUT2D eigenvalue weighted by Crippen LogP contribution is 2.26. The third kappa shape index (κ3) is 3.76. The van der Waals surface area contributed by atoms with Crippen molar-refractivity contribution in [2.24, 2.45) is 11.7 Å². The van der Waals surface area contributed by atoms with Gasteiger partial charge in [-0.05, 0) is 44.7 Å². The van der Waals surface area contributed by atoms with Crippen LogP contribution >= 0.6 is 0 Å². The number of rotatable bonds is 5. The molecule has 3 rings (SSSR count). The first-order valence-electron chi connectivity index (χ1n) is 9.24. The molecule has 1 aliphatic carbocycles. The van der Waals surface area contributed by atoms with Gasteiger partial charge in [0.25, 0.3) is 5.91 Å². The quantitative estimate of drug-likeness (QED) is 0.878. The fraction of sp³-hybridized carbons (Fsp3) is 0.500. The van der Waals surface area contributed by atoms with Gasteiger partial charge in [0.1, 0.15) is 0 Å². The maximum atomic E-state index is 12.9. The number of carbonyl (C=O) groups excluding carboxylic acids is 1. The number of benzene rings is 1. The van der Waals surface area contributed by atoms with Gasteiger partial charge in [0.15, 0.2) is 0 Å². The van der Waals surface area contributed by atoms with E-state index in [0.717, 1.165) is 29.9 Å². The smallest absolute Gasteiger partial charge is 0.255 e. The number of para-hydroxylation sites is 1. The lowest BCUT2D eigenvalue weighted by Gasteiger charge is -2.30. The summed E-state index contributed by atoms with van der Waals surface area (Å²) in [5, 5.41) is 7.75. The zero-order chi connectivity index (χ0) is 17.8. The molecule has 5 nitrogen and oxygen atoms in total. The summed E-state index contributed by atoms with van der Waals surface area (Å²) in [6.45, 7) is 4.32. The van der Waals surface area contributed by atoms with Gasteiger partial charge in [-0.1, -0.05) is 37.5 Å². The molecule has 1 aliphatic rings. The van der Waals surface area contributed by atoms with E-state index in [0.29, 0.717) is 18.0 Å². The van der Waals surface area contributed by atoms with Gasteiger partial charge in [0, 0.05) is 12.6 Å². The van der Waals surface area contributed by atoms with Gasteiger partial charge in [-0.25, -0.2) is 4.68 Å². The first-order valence-corrected chi connectivity index (χ1v) is 9.24. The molecule has 1 aromatic heterocycles. The summed E-state index contributed by atoms with van der Waals surface area (Å²) in [7, 11) is 0. The van der Waals surface area contributed by atoms with Crippen molar-refractivity contribution in [2.75, 3.05) is 6.54 Å². The van der Waals surface area contributed by atoms with Crippen LogP contribution in [-0.2, 0) is 0 Å². The summed E-state index contributed by atoms with van der Waals surface area (Å²) in [6.07, 6.45) is 6.08. The van der Waals surface area contributed by atoms with Crippen molar-refractivity contribution >= 4 is 5.91 Å². The van der Waals surface area contributed by atoms with Gasteiger partial charge in [0.2, 0.25) is 0 Å². The van der Waals surface area contributed by atoms with Crippen molar-refractivity contribution in [3.63, 3.8) is 0 Å². The highest BCUT2D eigenvalue weighted by Gasteiger charge is 2.27. The molecule has 1 saturated carbocycles. The fourth-order valence-corrected chi connectivity index (χ4v) is 3.94. The summed E-state index contributed by atoms with van der Waals surface area (Å²) in [6, 6.07) is 9.95. The minimum Gasteiger partial charge on any atom is -0.348 e. The normalized spacial score (nSPS) is 16.6. The first kappa shape index (κ1) is 17.7. The van der Waals surface area contributed by atoms with E-state index in [4.69, 9.17) is 5.73 Å². The van der Waals surface area contributed by atoms with E-state index in [9.17, 15) is 4.79 Å². The Labute approximate surface area is 149 Å². The van der Waals surface area contributed by atoms with Crippen LogP contribution in [0.2, 0.25) is 0 Å². The summed E-state index contributed by atoms with van der Waals surface area (Å²) in [4.78, 5) is 12.9. The van der Waals surface area contributed by atoms with Crippen LogP contribution < -0.4 is 11.1 Å². The number of nitrogens with zero attached hydrogens (tertiary/aromatic N) is 2. The van der Waals surface area contributed by atoms with Gasteiger partial charge in [-0.3, -0.25) is 4.79 Å². The lowest BCUT2D eigenvalue weighted by atomic mass is 9.84. The van der Waals surface area contributed by atoms with Gasteiger partial charge in [0.05, 0.1) is 22.6 Å². The molecule has 0 radical (unpaired) electrons. The number of aryl methyl sites for hydroxylation is 1. The van der Waals surface area contributed by atoms with E-state index in [-0.39, 0.29) is 11.9 Å². The number of carbonyl (C=O) groups is 1. The molecule has 1 fully saturated rings. The van der Waals surface area contributed by atoms with E-state index in [1.807, 2.05) is 48.9 Å². The Hall–Kier alpha value is -2.14. The SMILES string of the molecule is Cc1nn(-c2ccccc2)c(C)c1C(=O)NC(CN)C1CCCCC1. The standard InChI is InChI=1S/C20H28N4O/c1-14-19(15(2)24(23-14)17-11-7-4-8-12-17)20(25)22-18(13-21)16-9-5-3-6-10-16/h4,7-8,11-12,16,18H,3,5-6,9-10,13,21H2,1-2H3,(H,22,25). The largest absolute Gasteiger partial charge is 0.348 e. The molecule has 3 N–H and O–H groups in total. The molecule has 1 aromatic carbocycles. The third-order valence-electron chi connectivity index (χ3n) is 5.31. The van der Waals surface area contributed by atoms with Crippen molar-refractivity contribution in [1.82, 2.24) is 15.1 Å². The summed E-state index contributed by atoms with van der Waals surface area (Å²) in [5.41, 5.74) is 9.20. The maximum Gasteiger partial charge on any atom is 0.255 e. The zero-order valence-electron chi connectivity index (χ0n) is 15.2. The van der Waals surface area contributed by atoms with E-state index in [1.165, 1.54) is 19.3 Å². The Morgan fingerprint density at radius 2 is 1.92 bits per heavy atom. The molecule has 5 heteroatoms. The molecular formula is C20H28N4O. The average Bonchev–Trinajstić information content (AvgIpc) is 2.95. The molecule has 134 valence electrons. The Morgan fingerprint density at radius 3 is 2.56 bits per heavy atom. The molecule has 1 unspecified atom stereocenters. The number of nitrogens with one attached hydrogen (secondary N) is 1. The van der Waals surface area contributed by atoms with Crippen molar-refractivity contribution in [3.8, 4) is 5.69 Å². The third-order valence-corrected chi connectivity index (χ3v) is 5.31. The number of hydrogen-bond acceptors (Lipinski definition) is 3. The van der Waals surface area contributed by atoms with E-state index in [2.05, 4.69) is 10.4 Å². The molecular weight excluding hydrogens is 312 g/mol. The minimum atomic E-state index is -0.0572. The Bertz CT molecular complexity index is 717. The molecule has 0 spiro atoms. The lowest BCUT2D eigenvalue weighted by Crippen LogP contribution is -2.46. The van der Waals surface area contributed by atoms with Crippen molar-refractivity contribution in [1.29, 1.82) is 0 Å². The lowest BCUT2D eigenvalue weighted by molar-refractivity contribution is 0.0914. The van der Waals surface area contributed by atoms with Crippen LogP contribution in [0.5, 0.6) is 0 Å². The van der Waals surface area contributed by atoms with Crippen molar-refractivity contribution < 1.29 is 4.79 Å². The average molecular weight is 340 g/mol.